The minimum atomic E-state index is -0.820. The summed E-state index contributed by atoms with van der Waals surface area (Å²) < 4.78 is 27.4. The van der Waals surface area contributed by atoms with Crippen LogP contribution >= 0.6 is 0 Å². The van der Waals surface area contributed by atoms with Crippen molar-refractivity contribution in [2.45, 2.75) is 12.3 Å². The summed E-state index contributed by atoms with van der Waals surface area (Å²) in [4.78, 5) is 24.9. The first-order valence-electron chi connectivity index (χ1n) is 9.32. The van der Waals surface area contributed by atoms with Gasteiger partial charge in [0.1, 0.15) is 18.8 Å². The molecule has 1 aliphatic heterocycles. The number of para-hydroxylation sites is 1. The fourth-order valence-electron chi connectivity index (χ4n) is 3.49. The summed E-state index contributed by atoms with van der Waals surface area (Å²) in [7, 11) is 2.75. The molecule has 0 amide bonds. The summed E-state index contributed by atoms with van der Waals surface area (Å²) in [5, 5.41) is 10.9. The number of hydrogen-bond donors (Lipinski definition) is 1. The number of aromatic hydroxyl groups is 1. The van der Waals surface area contributed by atoms with E-state index in [0.29, 0.717) is 41.6 Å². The van der Waals surface area contributed by atoms with Crippen molar-refractivity contribution >= 4 is 16.9 Å². The molecular weight excluding hydrogens is 392 g/mol. The van der Waals surface area contributed by atoms with Crippen LogP contribution < -0.4 is 19.6 Å². The number of carbonyl (C=O) groups is 1. The van der Waals surface area contributed by atoms with Gasteiger partial charge in [0.2, 0.25) is 16.9 Å². The number of hydrogen-bond acceptors (Lipinski definition) is 8. The lowest BCUT2D eigenvalue weighted by molar-refractivity contribution is -0.140. The Hall–Kier alpha value is -3.68. The van der Waals surface area contributed by atoms with Gasteiger partial charge in [-0.15, -0.1) is 0 Å². The van der Waals surface area contributed by atoms with E-state index in [-0.39, 0.29) is 17.6 Å². The largest absolute Gasteiger partial charge is 0.502 e. The van der Waals surface area contributed by atoms with Gasteiger partial charge in [-0.05, 0) is 29.8 Å². The van der Waals surface area contributed by atoms with Crippen molar-refractivity contribution in [3.8, 4) is 23.0 Å². The average molecular weight is 412 g/mol. The molecule has 1 aromatic heterocycles. The maximum Gasteiger partial charge on any atom is 0.306 e. The number of ether oxygens (including phenoxy) is 4. The molecule has 0 saturated carbocycles. The standard InChI is InChI=1S/C22H20O8/c1-26-16-9-12(10-17-22(16)29-8-7-28-17)14(11-18(23)27-2)21-20(25)19(24)13-5-3-4-6-15(13)30-21/h3-6,9-10,14,25H,7-8,11H2,1-2H3/t14-/m1/s1. The highest BCUT2D eigenvalue weighted by atomic mass is 16.6. The molecule has 0 spiro atoms. The van der Waals surface area contributed by atoms with Crippen LogP contribution in [0.25, 0.3) is 11.0 Å². The van der Waals surface area contributed by atoms with Gasteiger partial charge in [-0.1, -0.05) is 12.1 Å². The highest BCUT2D eigenvalue weighted by Crippen LogP contribution is 2.44. The van der Waals surface area contributed by atoms with E-state index in [2.05, 4.69) is 0 Å². The zero-order chi connectivity index (χ0) is 21.3. The van der Waals surface area contributed by atoms with E-state index in [9.17, 15) is 14.7 Å². The summed E-state index contributed by atoms with van der Waals surface area (Å²) in [6.07, 6.45) is -0.172. The molecule has 0 radical (unpaired) electrons. The van der Waals surface area contributed by atoms with Gasteiger partial charge >= 0.3 is 5.97 Å². The van der Waals surface area contributed by atoms with Crippen molar-refractivity contribution in [1.82, 2.24) is 0 Å². The normalized spacial score (nSPS) is 13.7. The molecule has 8 heteroatoms. The first-order valence-corrected chi connectivity index (χ1v) is 9.32. The molecule has 3 aromatic rings. The molecule has 0 fully saturated rings. The van der Waals surface area contributed by atoms with Crippen molar-refractivity contribution in [2.24, 2.45) is 0 Å². The highest BCUT2D eigenvalue weighted by Gasteiger charge is 2.30. The van der Waals surface area contributed by atoms with E-state index in [4.69, 9.17) is 23.4 Å². The van der Waals surface area contributed by atoms with Crippen LogP contribution in [0.2, 0.25) is 0 Å². The third-order valence-electron chi connectivity index (χ3n) is 4.97. The zero-order valence-corrected chi connectivity index (χ0v) is 16.5. The Kier molecular flexibility index (Phi) is 5.22. The third-order valence-corrected chi connectivity index (χ3v) is 4.97. The maximum atomic E-state index is 12.7. The molecule has 2 heterocycles. The summed E-state index contributed by atoms with van der Waals surface area (Å²) >= 11 is 0. The Bertz CT molecular complexity index is 1150. The van der Waals surface area contributed by atoms with Gasteiger partial charge in [-0.3, -0.25) is 9.59 Å². The molecule has 1 aliphatic rings. The van der Waals surface area contributed by atoms with Crippen molar-refractivity contribution in [1.29, 1.82) is 0 Å². The lowest BCUT2D eigenvalue weighted by atomic mass is 9.91. The fourth-order valence-corrected chi connectivity index (χ4v) is 3.49. The van der Waals surface area contributed by atoms with Gasteiger partial charge in [0.25, 0.3) is 0 Å². The molecule has 0 aliphatic carbocycles. The Labute approximate surface area is 171 Å². The molecule has 8 nitrogen and oxygen atoms in total. The van der Waals surface area contributed by atoms with Crippen LogP contribution in [0.4, 0.5) is 0 Å². The molecule has 1 atom stereocenters. The SMILES string of the molecule is COC(=O)C[C@H](c1cc(OC)c2c(c1)OCCO2)c1oc2ccccc2c(=O)c1O. The molecule has 0 saturated heterocycles. The highest BCUT2D eigenvalue weighted by molar-refractivity contribution is 5.78. The second kappa shape index (κ2) is 7.98. The van der Waals surface area contributed by atoms with Crippen molar-refractivity contribution in [3.05, 3.63) is 57.9 Å². The number of carbonyl (C=O) groups excluding carboxylic acids is 1. The lowest BCUT2D eigenvalue weighted by Crippen LogP contribution is -2.18. The van der Waals surface area contributed by atoms with Crippen LogP contribution in [0.3, 0.4) is 0 Å². The van der Waals surface area contributed by atoms with Crippen molar-refractivity contribution in [3.63, 3.8) is 0 Å². The lowest BCUT2D eigenvalue weighted by Gasteiger charge is -2.24. The number of rotatable bonds is 5. The Morgan fingerprint density at radius 3 is 2.70 bits per heavy atom. The minimum absolute atomic E-state index is 0.0390. The quantitative estimate of drug-likeness (QED) is 0.638. The summed E-state index contributed by atoms with van der Waals surface area (Å²) in [5.74, 6) is -0.663. The Morgan fingerprint density at radius 2 is 1.93 bits per heavy atom. The van der Waals surface area contributed by atoms with E-state index in [0.717, 1.165) is 0 Å². The molecule has 1 N–H and O–H groups in total. The summed E-state index contributed by atoms with van der Waals surface area (Å²) in [6, 6.07) is 9.92. The molecule has 30 heavy (non-hydrogen) atoms. The first-order chi connectivity index (χ1) is 14.5. The van der Waals surface area contributed by atoms with Gasteiger partial charge < -0.3 is 28.5 Å². The monoisotopic (exact) mass is 412 g/mol. The Morgan fingerprint density at radius 1 is 1.17 bits per heavy atom. The van der Waals surface area contributed by atoms with Crippen LogP contribution in [0, 0.1) is 0 Å². The van der Waals surface area contributed by atoms with Gasteiger partial charge in [0, 0.05) is 0 Å². The van der Waals surface area contributed by atoms with E-state index in [1.54, 1.807) is 36.4 Å². The molecule has 2 aromatic carbocycles. The molecule has 0 bridgehead atoms. The molecule has 4 rings (SSSR count). The zero-order valence-electron chi connectivity index (χ0n) is 16.5. The number of methoxy groups -OCH3 is 2. The van der Waals surface area contributed by atoms with Crippen LogP contribution in [0.5, 0.6) is 23.0 Å². The van der Waals surface area contributed by atoms with Gasteiger partial charge in [-0.2, -0.15) is 0 Å². The smallest absolute Gasteiger partial charge is 0.306 e. The predicted molar refractivity (Wildman–Crippen MR) is 107 cm³/mol. The van der Waals surface area contributed by atoms with Crippen LogP contribution in [-0.2, 0) is 9.53 Å². The van der Waals surface area contributed by atoms with Crippen LogP contribution in [0.1, 0.15) is 23.7 Å². The number of esters is 1. The summed E-state index contributed by atoms with van der Waals surface area (Å²) in [6.45, 7) is 0.742. The van der Waals surface area contributed by atoms with E-state index < -0.39 is 23.1 Å². The van der Waals surface area contributed by atoms with E-state index >= 15 is 0 Å². The maximum absolute atomic E-state index is 12.7. The summed E-state index contributed by atoms with van der Waals surface area (Å²) in [5.41, 5.74) is 0.260. The molecule has 156 valence electrons. The Balaban J connectivity index is 1.92. The van der Waals surface area contributed by atoms with Crippen molar-refractivity contribution in [2.75, 3.05) is 27.4 Å². The third kappa shape index (κ3) is 3.41. The van der Waals surface area contributed by atoms with Gasteiger partial charge in [-0.25, -0.2) is 0 Å². The average Bonchev–Trinajstić information content (AvgIpc) is 2.79. The van der Waals surface area contributed by atoms with Crippen LogP contribution in [-0.4, -0.2) is 38.5 Å². The predicted octanol–water partition coefficient (Wildman–Crippen LogP) is 2.97. The molecule has 0 unspecified atom stereocenters. The first kappa shape index (κ1) is 19.6. The second-order valence-electron chi connectivity index (χ2n) is 6.72. The van der Waals surface area contributed by atoms with Crippen molar-refractivity contribution < 1.29 is 33.3 Å². The minimum Gasteiger partial charge on any atom is -0.502 e. The van der Waals surface area contributed by atoms with Gasteiger partial charge in [0.05, 0.1) is 31.9 Å². The van der Waals surface area contributed by atoms with E-state index in [1.807, 2.05) is 0 Å². The van der Waals surface area contributed by atoms with E-state index in [1.165, 1.54) is 14.2 Å². The molecular formula is C22H20O8. The second-order valence-corrected chi connectivity index (χ2v) is 6.72. The number of fused-ring (bicyclic) bond motifs is 2. The van der Waals surface area contributed by atoms with Gasteiger partial charge in [0.15, 0.2) is 17.3 Å². The number of benzene rings is 2. The topological polar surface area (TPSA) is 104 Å². The fraction of sp³-hybridized carbons (Fsp3) is 0.273. The van der Waals surface area contributed by atoms with Crippen LogP contribution in [0.15, 0.2) is 45.6 Å².